The van der Waals surface area contributed by atoms with Gasteiger partial charge in [0.15, 0.2) is 11.0 Å². The topological polar surface area (TPSA) is 115 Å². The molecule has 1 aromatic heterocycles. The van der Waals surface area contributed by atoms with Gasteiger partial charge in [0.25, 0.3) is 0 Å². The van der Waals surface area contributed by atoms with Crippen molar-refractivity contribution in [2.75, 3.05) is 18.5 Å². The fourth-order valence-corrected chi connectivity index (χ4v) is 4.32. The van der Waals surface area contributed by atoms with E-state index in [0.29, 0.717) is 40.3 Å². The third-order valence-corrected chi connectivity index (χ3v) is 6.24. The maximum Gasteiger partial charge on any atom is 0.306 e. The van der Waals surface area contributed by atoms with Gasteiger partial charge in [0, 0.05) is 11.8 Å². The molecule has 1 amide bonds. The molecule has 170 valence electrons. The fourth-order valence-electron chi connectivity index (χ4n) is 4.11. The van der Waals surface area contributed by atoms with Crippen LogP contribution in [0.4, 0.5) is 5.69 Å². The molecule has 2 aliphatic rings. The van der Waals surface area contributed by atoms with Gasteiger partial charge in [-0.1, -0.05) is 17.7 Å². The SMILES string of the molecule is O=C1Cc2cc(OCCOC3CC(C(=O)O)C3)c(-c3cc(=O)c4cccc(Cl)c4o3)cc2N1. The van der Waals surface area contributed by atoms with E-state index in [1.165, 1.54) is 6.07 Å². The predicted molar refractivity (Wildman–Crippen MR) is 121 cm³/mol. The zero-order valence-corrected chi connectivity index (χ0v) is 18.2. The van der Waals surface area contributed by atoms with Crippen molar-refractivity contribution in [2.24, 2.45) is 5.92 Å². The van der Waals surface area contributed by atoms with Crippen LogP contribution in [0.25, 0.3) is 22.3 Å². The third kappa shape index (κ3) is 4.19. The number of aliphatic carboxylic acids is 1. The van der Waals surface area contributed by atoms with Crippen molar-refractivity contribution in [1.29, 1.82) is 0 Å². The summed E-state index contributed by atoms with van der Waals surface area (Å²) >= 11 is 6.25. The molecule has 2 heterocycles. The summed E-state index contributed by atoms with van der Waals surface area (Å²) in [6.45, 7) is 0.484. The first-order valence-electron chi connectivity index (χ1n) is 10.6. The molecule has 5 rings (SSSR count). The highest BCUT2D eigenvalue weighted by Gasteiger charge is 2.35. The van der Waals surface area contributed by atoms with Crippen LogP contribution < -0.4 is 15.5 Å². The van der Waals surface area contributed by atoms with E-state index in [1.54, 1.807) is 30.3 Å². The van der Waals surface area contributed by atoms with Gasteiger partial charge in [-0.25, -0.2) is 0 Å². The van der Waals surface area contributed by atoms with Gasteiger partial charge < -0.3 is 24.3 Å². The summed E-state index contributed by atoms with van der Waals surface area (Å²) in [4.78, 5) is 35.5. The van der Waals surface area contributed by atoms with Crippen LogP contribution in [0.15, 0.2) is 45.6 Å². The van der Waals surface area contributed by atoms with Crippen molar-refractivity contribution in [1.82, 2.24) is 0 Å². The minimum Gasteiger partial charge on any atom is -0.490 e. The molecular formula is C24H20ClNO7. The molecule has 0 spiro atoms. The van der Waals surface area contributed by atoms with Crippen molar-refractivity contribution < 1.29 is 28.6 Å². The molecular weight excluding hydrogens is 450 g/mol. The number of carboxylic acid groups (broad SMARTS) is 1. The molecule has 0 atom stereocenters. The molecule has 1 saturated carbocycles. The van der Waals surface area contributed by atoms with Crippen LogP contribution in [0.5, 0.6) is 5.75 Å². The second-order valence-electron chi connectivity index (χ2n) is 8.17. The number of hydrogen-bond donors (Lipinski definition) is 2. The first-order chi connectivity index (χ1) is 15.9. The van der Waals surface area contributed by atoms with E-state index in [2.05, 4.69) is 5.32 Å². The molecule has 9 heteroatoms. The number of carboxylic acids is 1. The Kier molecular flexibility index (Phi) is 5.55. The monoisotopic (exact) mass is 469 g/mol. The Morgan fingerprint density at radius 1 is 1.18 bits per heavy atom. The van der Waals surface area contributed by atoms with E-state index in [-0.39, 0.29) is 54.3 Å². The Balaban J connectivity index is 1.40. The van der Waals surface area contributed by atoms with Gasteiger partial charge in [-0.2, -0.15) is 0 Å². The maximum absolute atomic E-state index is 12.7. The Morgan fingerprint density at radius 2 is 2.00 bits per heavy atom. The molecule has 1 fully saturated rings. The van der Waals surface area contributed by atoms with E-state index < -0.39 is 5.97 Å². The number of amides is 1. The summed E-state index contributed by atoms with van der Waals surface area (Å²) in [6.07, 6.45) is 1.14. The van der Waals surface area contributed by atoms with E-state index >= 15 is 0 Å². The smallest absolute Gasteiger partial charge is 0.306 e. The molecule has 8 nitrogen and oxygen atoms in total. The van der Waals surface area contributed by atoms with Crippen molar-refractivity contribution in [3.63, 3.8) is 0 Å². The van der Waals surface area contributed by atoms with Gasteiger partial charge in [-0.15, -0.1) is 0 Å². The molecule has 0 radical (unpaired) electrons. The van der Waals surface area contributed by atoms with Crippen LogP contribution >= 0.6 is 11.6 Å². The second-order valence-corrected chi connectivity index (χ2v) is 8.58. The number of benzene rings is 2. The van der Waals surface area contributed by atoms with E-state index in [0.717, 1.165) is 5.56 Å². The van der Waals surface area contributed by atoms with Gasteiger partial charge in [0.1, 0.15) is 18.1 Å². The van der Waals surface area contributed by atoms with Gasteiger partial charge in [-0.3, -0.25) is 14.4 Å². The van der Waals surface area contributed by atoms with Crippen LogP contribution in [-0.2, 0) is 20.7 Å². The highest BCUT2D eigenvalue weighted by atomic mass is 35.5. The first kappa shape index (κ1) is 21.5. The number of hydrogen-bond acceptors (Lipinski definition) is 6. The molecule has 33 heavy (non-hydrogen) atoms. The van der Waals surface area contributed by atoms with Crippen molar-refractivity contribution in [3.8, 4) is 17.1 Å². The fraction of sp³-hybridized carbons (Fsp3) is 0.292. The molecule has 1 aliphatic carbocycles. The summed E-state index contributed by atoms with van der Waals surface area (Å²) in [5, 5.41) is 12.4. The summed E-state index contributed by atoms with van der Waals surface area (Å²) < 4.78 is 17.6. The van der Waals surface area contributed by atoms with Crippen LogP contribution in [0.3, 0.4) is 0 Å². The largest absolute Gasteiger partial charge is 0.490 e. The number of rotatable bonds is 7. The van der Waals surface area contributed by atoms with E-state index in [1.807, 2.05) is 0 Å². The minimum atomic E-state index is -0.797. The lowest BCUT2D eigenvalue weighted by Crippen LogP contribution is -2.37. The van der Waals surface area contributed by atoms with Crippen molar-refractivity contribution >= 4 is 40.1 Å². The number of nitrogens with one attached hydrogen (secondary N) is 1. The number of carbonyl (C=O) groups excluding carboxylic acids is 1. The van der Waals surface area contributed by atoms with Crippen molar-refractivity contribution in [2.45, 2.75) is 25.4 Å². The number of para-hydroxylation sites is 1. The molecule has 0 bridgehead atoms. The minimum absolute atomic E-state index is 0.0864. The van der Waals surface area contributed by atoms with Gasteiger partial charge in [0.05, 0.1) is 41.0 Å². The lowest BCUT2D eigenvalue weighted by Gasteiger charge is -2.32. The Morgan fingerprint density at radius 3 is 2.79 bits per heavy atom. The Hall–Kier alpha value is -3.36. The molecule has 1 aliphatic heterocycles. The number of ether oxygens (including phenoxy) is 2. The first-order valence-corrected chi connectivity index (χ1v) is 10.9. The predicted octanol–water partition coefficient (Wildman–Crippen LogP) is 3.87. The maximum atomic E-state index is 12.7. The second kappa shape index (κ2) is 8.53. The number of fused-ring (bicyclic) bond motifs is 2. The quantitative estimate of drug-likeness (QED) is 0.505. The lowest BCUT2D eigenvalue weighted by atomic mass is 9.82. The molecule has 0 saturated heterocycles. The highest BCUT2D eigenvalue weighted by molar-refractivity contribution is 6.34. The van der Waals surface area contributed by atoms with Crippen LogP contribution in [0.1, 0.15) is 18.4 Å². The summed E-state index contributed by atoms with van der Waals surface area (Å²) in [5.41, 5.74) is 1.95. The summed E-state index contributed by atoms with van der Waals surface area (Å²) in [7, 11) is 0. The van der Waals surface area contributed by atoms with Crippen molar-refractivity contribution in [3.05, 3.63) is 57.2 Å². The van der Waals surface area contributed by atoms with E-state index in [4.69, 9.17) is 30.6 Å². The molecule has 3 aromatic rings. The average molecular weight is 470 g/mol. The molecule has 2 N–H and O–H groups in total. The lowest BCUT2D eigenvalue weighted by molar-refractivity contribution is -0.151. The number of carbonyl (C=O) groups is 2. The number of halogens is 1. The Labute approximate surface area is 193 Å². The number of anilines is 1. The van der Waals surface area contributed by atoms with Gasteiger partial charge >= 0.3 is 5.97 Å². The van der Waals surface area contributed by atoms with Crippen LogP contribution in [-0.4, -0.2) is 36.3 Å². The Bertz CT molecular complexity index is 1330. The third-order valence-electron chi connectivity index (χ3n) is 5.94. The summed E-state index contributed by atoms with van der Waals surface area (Å²) in [6, 6.07) is 9.82. The average Bonchev–Trinajstić information content (AvgIpc) is 3.10. The standard InChI is InChI=1S/C24H20ClNO7/c25-17-3-1-2-15-19(27)11-21(33-23(15)17)16-10-18-12(9-22(28)26-18)8-20(16)32-5-4-31-14-6-13(7-14)24(29)30/h1-3,8,10-11,13-14H,4-7,9H2,(H,26,28)(H,29,30). The zero-order chi connectivity index (χ0) is 23.1. The highest BCUT2D eigenvalue weighted by Crippen LogP contribution is 2.39. The zero-order valence-electron chi connectivity index (χ0n) is 17.4. The van der Waals surface area contributed by atoms with Crippen LogP contribution in [0, 0.1) is 5.92 Å². The van der Waals surface area contributed by atoms with E-state index in [9.17, 15) is 14.4 Å². The molecule has 0 unspecified atom stereocenters. The van der Waals surface area contributed by atoms with Gasteiger partial charge in [-0.05, 0) is 42.7 Å². The summed E-state index contributed by atoms with van der Waals surface area (Å²) in [5.74, 6) is -0.553. The van der Waals surface area contributed by atoms with Gasteiger partial charge in [0.2, 0.25) is 5.91 Å². The van der Waals surface area contributed by atoms with Crippen LogP contribution in [0.2, 0.25) is 5.02 Å². The normalized spacial score (nSPS) is 19.1. The molecule has 2 aromatic carbocycles.